The molecule has 0 radical (unpaired) electrons. The molecule has 0 aromatic heterocycles. The third-order valence-corrected chi connectivity index (χ3v) is 5.17. The van der Waals surface area contributed by atoms with E-state index in [1.165, 1.54) is 67.0 Å². The molecule has 0 bridgehead atoms. The Labute approximate surface area is 158 Å². The molecule has 1 heterocycles. The molecule has 136 valence electrons. The van der Waals surface area contributed by atoms with Gasteiger partial charge in [0.1, 0.15) is 0 Å². The minimum absolute atomic E-state index is 0.641. The Kier molecular flexibility index (Phi) is 7.13. The summed E-state index contributed by atoms with van der Waals surface area (Å²) in [5.74, 6) is 0. The Balaban J connectivity index is 0.000000167. The molecule has 1 nitrogen and oxygen atoms in total. The molecule has 1 aliphatic heterocycles. The van der Waals surface area contributed by atoms with Crippen LogP contribution < -0.4 is 5.32 Å². The van der Waals surface area contributed by atoms with Crippen LogP contribution in [0.15, 0.2) is 72.8 Å². The van der Waals surface area contributed by atoms with E-state index in [9.17, 15) is 0 Å². The van der Waals surface area contributed by atoms with E-state index in [-0.39, 0.29) is 0 Å². The standard InChI is InChI=1S/C15H23N.C10H8/c1-2-3-4-5-6-7-11-14-13-10-8-9-12-15(13)16-14;1-2-6-10-8-4-3-7-9(10)5-1/h8-10,12,14,16H,2-7,11H2,1H3;1-8H. The van der Waals surface area contributed by atoms with Gasteiger partial charge in [-0.05, 0) is 28.8 Å². The van der Waals surface area contributed by atoms with E-state index in [1.807, 2.05) is 0 Å². The quantitative estimate of drug-likeness (QED) is 0.432. The number of fused-ring (bicyclic) bond motifs is 2. The molecule has 0 aliphatic carbocycles. The topological polar surface area (TPSA) is 12.0 Å². The molecule has 1 atom stereocenters. The first-order valence-corrected chi connectivity index (χ1v) is 10.2. The normalized spacial score (nSPS) is 14.6. The van der Waals surface area contributed by atoms with Crippen LogP contribution in [0.2, 0.25) is 0 Å². The Bertz CT molecular complexity index is 727. The van der Waals surface area contributed by atoms with Crippen LogP contribution in [0.3, 0.4) is 0 Å². The highest BCUT2D eigenvalue weighted by Gasteiger charge is 2.23. The van der Waals surface area contributed by atoms with Gasteiger partial charge in [0.05, 0.1) is 6.04 Å². The molecule has 0 fully saturated rings. The van der Waals surface area contributed by atoms with Crippen molar-refractivity contribution < 1.29 is 0 Å². The minimum Gasteiger partial charge on any atom is -0.378 e. The molecule has 0 saturated heterocycles. The summed E-state index contributed by atoms with van der Waals surface area (Å²) in [4.78, 5) is 0. The molecule has 0 amide bonds. The van der Waals surface area contributed by atoms with Crippen molar-refractivity contribution >= 4 is 16.5 Å². The van der Waals surface area contributed by atoms with Crippen molar-refractivity contribution in [3.63, 3.8) is 0 Å². The molecule has 4 rings (SSSR count). The average molecular weight is 346 g/mol. The molecule has 26 heavy (non-hydrogen) atoms. The summed E-state index contributed by atoms with van der Waals surface area (Å²) in [6.45, 7) is 2.27. The molecule has 0 spiro atoms. The monoisotopic (exact) mass is 345 g/mol. The molecule has 3 aromatic rings. The highest BCUT2D eigenvalue weighted by molar-refractivity contribution is 5.82. The van der Waals surface area contributed by atoms with E-state index >= 15 is 0 Å². The number of para-hydroxylation sites is 1. The maximum Gasteiger partial charge on any atom is 0.0534 e. The summed E-state index contributed by atoms with van der Waals surface area (Å²) < 4.78 is 0. The molecule has 1 unspecified atom stereocenters. The van der Waals surface area contributed by atoms with Crippen molar-refractivity contribution in [2.45, 2.75) is 57.9 Å². The highest BCUT2D eigenvalue weighted by Crippen LogP contribution is 2.38. The molecule has 1 aliphatic rings. The lowest BCUT2D eigenvalue weighted by molar-refractivity contribution is 0.550. The van der Waals surface area contributed by atoms with E-state index in [2.05, 4.69) is 85.0 Å². The van der Waals surface area contributed by atoms with Gasteiger partial charge in [0, 0.05) is 5.69 Å². The second-order valence-electron chi connectivity index (χ2n) is 7.19. The van der Waals surface area contributed by atoms with Crippen LogP contribution in [0.5, 0.6) is 0 Å². The van der Waals surface area contributed by atoms with E-state index < -0.39 is 0 Å². The van der Waals surface area contributed by atoms with E-state index in [0.29, 0.717) is 6.04 Å². The Morgan fingerprint density at radius 1 is 0.654 bits per heavy atom. The second kappa shape index (κ2) is 10.0. The zero-order valence-electron chi connectivity index (χ0n) is 16.0. The largest absolute Gasteiger partial charge is 0.378 e. The summed E-state index contributed by atoms with van der Waals surface area (Å²) in [7, 11) is 0. The van der Waals surface area contributed by atoms with Gasteiger partial charge < -0.3 is 5.32 Å². The maximum atomic E-state index is 3.53. The average Bonchev–Trinajstić information content (AvgIpc) is 2.68. The first-order valence-electron chi connectivity index (χ1n) is 10.2. The Morgan fingerprint density at radius 2 is 1.19 bits per heavy atom. The van der Waals surface area contributed by atoms with E-state index in [0.717, 1.165) is 0 Å². The smallest absolute Gasteiger partial charge is 0.0534 e. The van der Waals surface area contributed by atoms with Crippen molar-refractivity contribution in [2.75, 3.05) is 5.32 Å². The number of nitrogens with one attached hydrogen (secondary N) is 1. The lowest BCUT2D eigenvalue weighted by Gasteiger charge is -2.32. The number of unbranched alkanes of at least 4 members (excludes halogenated alkanes) is 5. The predicted molar refractivity (Wildman–Crippen MR) is 115 cm³/mol. The van der Waals surface area contributed by atoms with Crippen molar-refractivity contribution in [1.82, 2.24) is 0 Å². The number of rotatable bonds is 7. The van der Waals surface area contributed by atoms with Crippen molar-refractivity contribution in [2.24, 2.45) is 0 Å². The van der Waals surface area contributed by atoms with Crippen LogP contribution in [0.25, 0.3) is 10.8 Å². The number of benzene rings is 3. The van der Waals surface area contributed by atoms with E-state index in [1.54, 1.807) is 0 Å². The van der Waals surface area contributed by atoms with Gasteiger partial charge in [-0.25, -0.2) is 0 Å². The molecule has 0 saturated carbocycles. The second-order valence-corrected chi connectivity index (χ2v) is 7.19. The van der Waals surface area contributed by atoms with Gasteiger partial charge >= 0.3 is 0 Å². The van der Waals surface area contributed by atoms with Gasteiger partial charge in [0.15, 0.2) is 0 Å². The SMILES string of the molecule is CCCCCCCCC1Nc2ccccc21.c1ccc2ccccc2c1. The Hall–Kier alpha value is -2.28. The molecular formula is C25H31N. The van der Waals surface area contributed by atoms with Crippen LogP contribution in [0, 0.1) is 0 Å². The molecule has 3 aromatic carbocycles. The van der Waals surface area contributed by atoms with Crippen molar-refractivity contribution in [3.8, 4) is 0 Å². The van der Waals surface area contributed by atoms with Gasteiger partial charge in [-0.2, -0.15) is 0 Å². The van der Waals surface area contributed by atoms with Gasteiger partial charge in [-0.3, -0.25) is 0 Å². The molecule has 1 heteroatoms. The first-order chi connectivity index (χ1) is 12.9. The van der Waals surface area contributed by atoms with Crippen LogP contribution in [0.4, 0.5) is 5.69 Å². The highest BCUT2D eigenvalue weighted by atomic mass is 15.0. The van der Waals surface area contributed by atoms with Gasteiger partial charge in [0.2, 0.25) is 0 Å². The van der Waals surface area contributed by atoms with Crippen LogP contribution in [-0.4, -0.2) is 0 Å². The summed E-state index contributed by atoms with van der Waals surface area (Å²) in [5, 5.41) is 6.15. The summed E-state index contributed by atoms with van der Waals surface area (Å²) >= 11 is 0. The number of hydrogen-bond acceptors (Lipinski definition) is 1. The van der Waals surface area contributed by atoms with E-state index in [4.69, 9.17) is 0 Å². The third kappa shape index (κ3) is 5.11. The van der Waals surface area contributed by atoms with Crippen molar-refractivity contribution in [1.29, 1.82) is 0 Å². The first kappa shape index (κ1) is 18.5. The number of anilines is 1. The van der Waals surface area contributed by atoms with Gasteiger partial charge in [-0.1, -0.05) is 112 Å². The fraction of sp³-hybridized carbons (Fsp3) is 0.360. The fourth-order valence-electron chi connectivity index (χ4n) is 3.61. The van der Waals surface area contributed by atoms with Gasteiger partial charge in [-0.15, -0.1) is 0 Å². The fourth-order valence-corrected chi connectivity index (χ4v) is 3.61. The maximum absolute atomic E-state index is 3.53. The third-order valence-electron chi connectivity index (χ3n) is 5.17. The minimum atomic E-state index is 0.641. The lowest BCUT2D eigenvalue weighted by Crippen LogP contribution is -2.22. The van der Waals surface area contributed by atoms with Crippen LogP contribution in [0.1, 0.15) is 63.5 Å². The predicted octanol–water partition coefficient (Wildman–Crippen LogP) is 7.74. The summed E-state index contributed by atoms with van der Waals surface area (Å²) in [6, 6.07) is 26.0. The van der Waals surface area contributed by atoms with Gasteiger partial charge in [0.25, 0.3) is 0 Å². The summed E-state index contributed by atoms with van der Waals surface area (Å²) in [5.41, 5.74) is 2.87. The van der Waals surface area contributed by atoms with Crippen LogP contribution in [-0.2, 0) is 0 Å². The lowest BCUT2D eigenvalue weighted by atomic mass is 9.92. The molecule has 1 N–H and O–H groups in total. The zero-order valence-corrected chi connectivity index (χ0v) is 16.0. The Morgan fingerprint density at radius 3 is 1.81 bits per heavy atom. The molecular weight excluding hydrogens is 314 g/mol. The van der Waals surface area contributed by atoms with Crippen molar-refractivity contribution in [3.05, 3.63) is 78.4 Å². The zero-order chi connectivity index (χ0) is 18.0. The summed E-state index contributed by atoms with van der Waals surface area (Å²) in [6.07, 6.45) is 9.68. The van der Waals surface area contributed by atoms with Crippen LogP contribution >= 0.6 is 0 Å². The number of hydrogen-bond donors (Lipinski definition) is 1.